The lowest BCUT2D eigenvalue weighted by atomic mass is 9.99. The molecule has 0 aromatic carbocycles. The fourth-order valence-corrected chi connectivity index (χ4v) is 3.26. The summed E-state index contributed by atoms with van der Waals surface area (Å²) in [6.07, 6.45) is 1.95. The van der Waals surface area contributed by atoms with E-state index < -0.39 is 33.6 Å². The summed E-state index contributed by atoms with van der Waals surface area (Å²) in [5.41, 5.74) is 0. The van der Waals surface area contributed by atoms with Crippen LogP contribution in [0, 0.1) is 11.8 Å². The van der Waals surface area contributed by atoms with Gasteiger partial charge in [0, 0.05) is 24.3 Å². The van der Waals surface area contributed by atoms with E-state index in [1.165, 1.54) is 13.2 Å². The molecule has 0 radical (unpaired) electrons. The number of nitrogens with zero attached hydrogens (tertiary/aromatic N) is 1. The highest BCUT2D eigenvalue weighted by Crippen LogP contribution is 2.38. The van der Waals surface area contributed by atoms with E-state index in [0.717, 1.165) is 4.90 Å². The molecule has 0 unspecified atom stereocenters. The van der Waals surface area contributed by atoms with Crippen LogP contribution in [0.2, 0.25) is 0 Å². The van der Waals surface area contributed by atoms with Crippen molar-refractivity contribution in [1.29, 1.82) is 0 Å². The van der Waals surface area contributed by atoms with E-state index >= 15 is 0 Å². The Morgan fingerprint density at radius 2 is 1.93 bits per heavy atom. The summed E-state index contributed by atoms with van der Waals surface area (Å²) in [6, 6.07) is -1.61. The van der Waals surface area contributed by atoms with Crippen molar-refractivity contribution < 1.29 is 19.1 Å². The Kier molecular flexibility index (Phi) is 9.87. The molecular weight excluding hydrogens is 450 g/mol. The third-order valence-corrected chi connectivity index (χ3v) is 6.25. The van der Waals surface area contributed by atoms with Crippen molar-refractivity contribution in [2.75, 3.05) is 13.0 Å². The molecular formula is C18H26Cl4N2O4. The second kappa shape index (κ2) is 10.9. The summed E-state index contributed by atoms with van der Waals surface area (Å²) >= 11 is 23.7. The quantitative estimate of drug-likeness (QED) is 0.514. The molecule has 1 aliphatic heterocycles. The van der Waals surface area contributed by atoms with E-state index in [0.29, 0.717) is 18.1 Å². The van der Waals surface area contributed by atoms with Gasteiger partial charge in [-0.2, -0.15) is 0 Å². The molecule has 0 aromatic rings. The summed E-state index contributed by atoms with van der Waals surface area (Å²) in [7, 11) is 1.44. The molecule has 3 amide bonds. The van der Waals surface area contributed by atoms with Gasteiger partial charge in [0.05, 0.1) is 13.2 Å². The number of amides is 3. The van der Waals surface area contributed by atoms with E-state index in [9.17, 15) is 14.4 Å². The van der Waals surface area contributed by atoms with Crippen molar-refractivity contribution in [2.24, 2.45) is 11.8 Å². The van der Waals surface area contributed by atoms with Crippen LogP contribution in [-0.2, 0) is 19.1 Å². The largest absolute Gasteiger partial charge is 0.499 e. The smallest absolute Gasteiger partial charge is 0.257 e. The number of methoxy groups -OCH3 is 1. The van der Waals surface area contributed by atoms with Crippen LogP contribution in [0.25, 0.3) is 0 Å². The lowest BCUT2D eigenvalue weighted by Crippen LogP contribution is -2.53. The zero-order valence-electron chi connectivity index (χ0n) is 16.3. The molecule has 1 rings (SSSR count). The van der Waals surface area contributed by atoms with E-state index in [1.54, 1.807) is 13.8 Å². The monoisotopic (exact) mass is 474 g/mol. The van der Waals surface area contributed by atoms with E-state index in [4.69, 9.17) is 51.1 Å². The third-order valence-electron chi connectivity index (χ3n) is 4.61. The number of hydrogen-bond acceptors (Lipinski definition) is 4. The molecule has 1 heterocycles. The van der Waals surface area contributed by atoms with Crippen LogP contribution in [0.15, 0.2) is 11.8 Å². The van der Waals surface area contributed by atoms with E-state index in [1.807, 2.05) is 6.92 Å². The van der Waals surface area contributed by atoms with Gasteiger partial charge >= 0.3 is 0 Å². The van der Waals surface area contributed by atoms with Gasteiger partial charge in [-0.05, 0) is 18.8 Å². The fourth-order valence-electron chi connectivity index (χ4n) is 2.86. The van der Waals surface area contributed by atoms with Crippen LogP contribution in [0.1, 0.15) is 40.0 Å². The standard InChI is InChI=1S/C18H26Cl4N2O4/c1-5-15(25)23-12(7-11(3)18(20,21)22)17(27)24-13(6-10(2)9-19)14(28-4)8-16(24)26/h8,10-13H,5-7,9H2,1-4H3,(H,23,25)/t10-,11-,12+,13-/m0/s1. The maximum atomic E-state index is 13.3. The van der Waals surface area contributed by atoms with Gasteiger partial charge in [-0.1, -0.05) is 55.6 Å². The maximum Gasteiger partial charge on any atom is 0.257 e. The molecule has 0 spiro atoms. The second-order valence-electron chi connectivity index (χ2n) is 6.96. The fraction of sp³-hybridized carbons (Fsp3) is 0.722. The Hall–Kier alpha value is -0.690. The molecule has 10 heteroatoms. The van der Waals surface area contributed by atoms with Crippen LogP contribution in [-0.4, -0.2) is 51.5 Å². The number of nitrogens with one attached hydrogen (secondary N) is 1. The van der Waals surface area contributed by atoms with Crippen molar-refractivity contribution in [2.45, 2.75) is 55.9 Å². The average Bonchev–Trinajstić information content (AvgIpc) is 2.94. The van der Waals surface area contributed by atoms with Gasteiger partial charge in [0.25, 0.3) is 11.8 Å². The first-order valence-electron chi connectivity index (χ1n) is 9.00. The molecule has 1 aliphatic rings. The number of rotatable bonds is 9. The van der Waals surface area contributed by atoms with Gasteiger partial charge in [-0.15, -0.1) is 11.6 Å². The molecule has 0 aliphatic carbocycles. The SMILES string of the molecule is CCC(=O)N[C@H](C[C@H](C)C(Cl)(Cl)Cl)C(=O)N1C(=O)C=C(OC)[C@@H]1C[C@H](C)CCl. The van der Waals surface area contributed by atoms with Gasteiger partial charge in [0.15, 0.2) is 3.79 Å². The van der Waals surface area contributed by atoms with Crippen LogP contribution in [0.4, 0.5) is 0 Å². The molecule has 1 N–H and O–H groups in total. The molecule has 28 heavy (non-hydrogen) atoms. The Labute approximate surface area is 185 Å². The first-order chi connectivity index (χ1) is 13.0. The maximum absolute atomic E-state index is 13.3. The zero-order valence-corrected chi connectivity index (χ0v) is 19.3. The highest BCUT2D eigenvalue weighted by atomic mass is 35.6. The summed E-state index contributed by atoms with van der Waals surface area (Å²) in [5, 5.41) is 2.64. The Morgan fingerprint density at radius 3 is 2.39 bits per heavy atom. The Bertz CT molecular complexity index is 621. The lowest BCUT2D eigenvalue weighted by Gasteiger charge is -2.32. The Morgan fingerprint density at radius 1 is 1.32 bits per heavy atom. The molecule has 0 bridgehead atoms. The summed E-state index contributed by atoms with van der Waals surface area (Å²) in [5.74, 6) is -1.18. The topological polar surface area (TPSA) is 75.7 Å². The molecule has 0 fully saturated rings. The lowest BCUT2D eigenvalue weighted by molar-refractivity contribution is -0.146. The minimum Gasteiger partial charge on any atom is -0.499 e. The zero-order chi connectivity index (χ0) is 21.6. The first kappa shape index (κ1) is 25.3. The number of carbonyl (C=O) groups excluding carboxylic acids is 3. The number of carbonyl (C=O) groups is 3. The number of ether oxygens (including phenoxy) is 1. The van der Waals surface area contributed by atoms with Gasteiger partial charge in [-0.3, -0.25) is 19.3 Å². The molecule has 0 saturated heterocycles. The molecule has 4 atom stereocenters. The van der Waals surface area contributed by atoms with Crippen molar-refractivity contribution >= 4 is 64.1 Å². The number of halogens is 4. The first-order valence-corrected chi connectivity index (χ1v) is 10.7. The van der Waals surface area contributed by atoms with Crippen molar-refractivity contribution in [3.05, 3.63) is 11.8 Å². The second-order valence-corrected chi connectivity index (χ2v) is 9.64. The highest BCUT2D eigenvalue weighted by Gasteiger charge is 2.43. The molecule has 160 valence electrons. The molecule has 6 nitrogen and oxygen atoms in total. The normalized spacial score (nSPS) is 20.4. The Balaban J connectivity index is 3.15. The predicted molar refractivity (Wildman–Crippen MR) is 112 cm³/mol. The van der Waals surface area contributed by atoms with Crippen LogP contribution >= 0.6 is 46.4 Å². The van der Waals surface area contributed by atoms with Crippen molar-refractivity contribution in [3.63, 3.8) is 0 Å². The van der Waals surface area contributed by atoms with Gasteiger partial charge in [0.2, 0.25) is 5.91 Å². The minimum atomic E-state index is -1.62. The van der Waals surface area contributed by atoms with Gasteiger partial charge in [-0.25, -0.2) is 0 Å². The predicted octanol–water partition coefficient (Wildman–Crippen LogP) is 3.81. The summed E-state index contributed by atoms with van der Waals surface area (Å²) in [6.45, 7) is 5.22. The summed E-state index contributed by atoms with van der Waals surface area (Å²) < 4.78 is 3.67. The molecule has 0 aromatic heterocycles. The van der Waals surface area contributed by atoms with E-state index in [-0.39, 0.29) is 24.7 Å². The minimum absolute atomic E-state index is 0.0372. The van der Waals surface area contributed by atoms with Crippen LogP contribution < -0.4 is 5.32 Å². The van der Waals surface area contributed by atoms with Crippen LogP contribution in [0.5, 0.6) is 0 Å². The molecule has 0 saturated carbocycles. The van der Waals surface area contributed by atoms with Crippen molar-refractivity contribution in [3.8, 4) is 0 Å². The summed E-state index contributed by atoms with van der Waals surface area (Å²) in [4.78, 5) is 38.8. The average molecular weight is 476 g/mol. The number of imide groups is 1. The highest BCUT2D eigenvalue weighted by molar-refractivity contribution is 6.67. The van der Waals surface area contributed by atoms with E-state index in [2.05, 4.69) is 5.32 Å². The van der Waals surface area contributed by atoms with Crippen LogP contribution in [0.3, 0.4) is 0 Å². The van der Waals surface area contributed by atoms with Crippen molar-refractivity contribution in [1.82, 2.24) is 10.2 Å². The van der Waals surface area contributed by atoms with Gasteiger partial charge < -0.3 is 10.1 Å². The van der Waals surface area contributed by atoms with Gasteiger partial charge in [0.1, 0.15) is 11.8 Å². The third kappa shape index (κ3) is 6.68. The number of hydrogen-bond donors (Lipinski definition) is 1. The number of alkyl halides is 4.